The smallest absolute Gasteiger partial charge is 0.224 e. The van der Waals surface area contributed by atoms with Crippen LogP contribution < -0.4 is 5.32 Å². The van der Waals surface area contributed by atoms with Crippen LogP contribution in [0.1, 0.15) is 23.7 Å². The molecule has 1 aromatic heterocycles. The largest absolute Gasteiger partial charge is 0.392 e. The maximum absolute atomic E-state index is 11.9. The highest BCUT2D eigenvalue weighted by Gasteiger charge is 2.11. The second-order valence-corrected chi connectivity index (χ2v) is 5.22. The van der Waals surface area contributed by atoms with Crippen LogP contribution >= 0.6 is 0 Å². The van der Waals surface area contributed by atoms with E-state index in [2.05, 4.69) is 10.3 Å². The summed E-state index contributed by atoms with van der Waals surface area (Å²) in [6, 6.07) is 7.46. The van der Waals surface area contributed by atoms with E-state index in [4.69, 9.17) is 0 Å². The SMILES string of the molecule is Cc1cc(CO)c2cccc(CC(=O)NC[C@H](C)O)c2n1. The van der Waals surface area contributed by atoms with E-state index in [-0.39, 0.29) is 25.5 Å². The van der Waals surface area contributed by atoms with Crippen LogP contribution in [-0.4, -0.2) is 33.8 Å². The van der Waals surface area contributed by atoms with Gasteiger partial charge < -0.3 is 15.5 Å². The van der Waals surface area contributed by atoms with Crippen molar-refractivity contribution in [3.63, 3.8) is 0 Å². The molecular formula is C16H20N2O3. The molecule has 0 saturated heterocycles. The van der Waals surface area contributed by atoms with E-state index in [1.807, 2.05) is 31.2 Å². The molecule has 21 heavy (non-hydrogen) atoms. The first-order chi connectivity index (χ1) is 10.0. The average Bonchev–Trinajstić information content (AvgIpc) is 2.45. The zero-order valence-corrected chi connectivity index (χ0v) is 12.3. The second-order valence-electron chi connectivity index (χ2n) is 5.22. The number of aryl methyl sites for hydroxylation is 1. The fraction of sp³-hybridized carbons (Fsp3) is 0.375. The number of rotatable bonds is 5. The van der Waals surface area contributed by atoms with E-state index in [0.29, 0.717) is 0 Å². The minimum Gasteiger partial charge on any atom is -0.392 e. The fourth-order valence-electron chi connectivity index (χ4n) is 2.29. The van der Waals surface area contributed by atoms with Crippen molar-refractivity contribution in [1.29, 1.82) is 0 Å². The fourth-order valence-corrected chi connectivity index (χ4v) is 2.29. The van der Waals surface area contributed by atoms with Crippen LogP contribution in [-0.2, 0) is 17.8 Å². The van der Waals surface area contributed by atoms with E-state index in [9.17, 15) is 15.0 Å². The highest BCUT2D eigenvalue weighted by atomic mass is 16.3. The molecule has 0 bridgehead atoms. The zero-order chi connectivity index (χ0) is 15.4. The van der Waals surface area contributed by atoms with Gasteiger partial charge in [0.15, 0.2) is 0 Å². The van der Waals surface area contributed by atoms with Gasteiger partial charge in [0.25, 0.3) is 0 Å². The van der Waals surface area contributed by atoms with Gasteiger partial charge in [-0.2, -0.15) is 0 Å². The molecule has 0 unspecified atom stereocenters. The van der Waals surface area contributed by atoms with Crippen molar-refractivity contribution in [2.75, 3.05) is 6.54 Å². The topological polar surface area (TPSA) is 82.5 Å². The number of carbonyl (C=O) groups is 1. The number of benzene rings is 1. The lowest BCUT2D eigenvalue weighted by Gasteiger charge is -2.11. The number of aromatic nitrogens is 1. The Hall–Kier alpha value is -1.98. The summed E-state index contributed by atoms with van der Waals surface area (Å²) in [7, 11) is 0. The maximum atomic E-state index is 11.9. The van der Waals surface area contributed by atoms with Gasteiger partial charge in [-0.15, -0.1) is 0 Å². The first kappa shape index (κ1) is 15.4. The highest BCUT2D eigenvalue weighted by molar-refractivity contribution is 5.89. The summed E-state index contributed by atoms with van der Waals surface area (Å²) in [5.74, 6) is -0.155. The molecule has 1 heterocycles. The lowest BCUT2D eigenvalue weighted by molar-refractivity contribution is -0.120. The Labute approximate surface area is 123 Å². The van der Waals surface area contributed by atoms with Crippen LogP contribution in [0.2, 0.25) is 0 Å². The molecule has 3 N–H and O–H groups in total. The van der Waals surface area contributed by atoms with Crippen molar-refractivity contribution < 1.29 is 15.0 Å². The molecule has 0 fully saturated rings. The van der Waals surface area contributed by atoms with Crippen LogP contribution in [0.3, 0.4) is 0 Å². The summed E-state index contributed by atoms with van der Waals surface area (Å²) in [5.41, 5.74) is 3.18. The van der Waals surface area contributed by atoms with Crippen molar-refractivity contribution in [2.24, 2.45) is 0 Å². The molecule has 0 saturated carbocycles. The van der Waals surface area contributed by atoms with E-state index in [1.165, 1.54) is 0 Å². The number of pyridine rings is 1. The third-order valence-corrected chi connectivity index (χ3v) is 3.25. The number of carbonyl (C=O) groups excluding carboxylic acids is 1. The minimum absolute atomic E-state index is 0.0580. The number of amides is 1. The van der Waals surface area contributed by atoms with Gasteiger partial charge in [0, 0.05) is 17.6 Å². The van der Waals surface area contributed by atoms with Gasteiger partial charge in [0.2, 0.25) is 5.91 Å². The Kier molecular flexibility index (Phi) is 4.88. The van der Waals surface area contributed by atoms with Crippen molar-refractivity contribution >= 4 is 16.8 Å². The summed E-state index contributed by atoms with van der Waals surface area (Å²) in [5, 5.41) is 22.2. The molecule has 2 rings (SSSR count). The van der Waals surface area contributed by atoms with Gasteiger partial charge in [-0.3, -0.25) is 9.78 Å². The number of para-hydroxylation sites is 1. The Bertz CT molecular complexity index is 653. The normalized spacial score (nSPS) is 12.4. The van der Waals surface area contributed by atoms with Crippen molar-refractivity contribution in [1.82, 2.24) is 10.3 Å². The highest BCUT2D eigenvalue weighted by Crippen LogP contribution is 2.22. The molecule has 1 amide bonds. The van der Waals surface area contributed by atoms with Crippen LogP contribution in [0.4, 0.5) is 0 Å². The standard InChI is InChI=1S/C16H20N2O3/c1-10-6-13(9-19)14-5-3-4-12(16(14)18-10)7-15(21)17-8-11(2)20/h3-6,11,19-20H,7-9H2,1-2H3,(H,17,21)/t11-/m0/s1. The zero-order valence-electron chi connectivity index (χ0n) is 12.3. The first-order valence-corrected chi connectivity index (χ1v) is 6.95. The summed E-state index contributed by atoms with van der Waals surface area (Å²) in [6.07, 6.45) is -0.367. The van der Waals surface area contributed by atoms with Gasteiger partial charge in [-0.05, 0) is 31.0 Å². The van der Waals surface area contributed by atoms with Crippen LogP contribution in [0, 0.1) is 6.92 Å². The predicted molar refractivity (Wildman–Crippen MR) is 80.8 cm³/mol. The van der Waals surface area contributed by atoms with Crippen LogP contribution in [0.15, 0.2) is 24.3 Å². The molecule has 0 radical (unpaired) electrons. The Balaban J connectivity index is 2.32. The van der Waals surface area contributed by atoms with Gasteiger partial charge in [-0.1, -0.05) is 18.2 Å². The van der Waals surface area contributed by atoms with Crippen molar-refractivity contribution in [3.05, 3.63) is 41.1 Å². The van der Waals surface area contributed by atoms with Gasteiger partial charge in [-0.25, -0.2) is 0 Å². The predicted octanol–water partition coefficient (Wildman–Crippen LogP) is 1.08. The number of nitrogens with one attached hydrogen (secondary N) is 1. The van der Waals surface area contributed by atoms with E-state index < -0.39 is 6.10 Å². The van der Waals surface area contributed by atoms with Gasteiger partial charge in [0.05, 0.1) is 24.6 Å². The van der Waals surface area contributed by atoms with Gasteiger partial charge in [0.1, 0.15) is 0 Å². The quantitative estimate of drug-likeness (QED) is 0.769. The van der Waals surface area contributed by atoms with Gasteiger partial charge >= 0.3 is 0 Å². The number of fused-ring (bicyclic) bond motifs is 1. The summed E-state index contributed by atoms with van der Waals surface area (Å²) >= 11 is 0. The van der Waals surface area contributed by atoms with Crippen molar-refractivity contribution in [2.45, 2.75) is 33.0 Å². The number of aliphatic hydroxyl groups excluding tert-OH is 2. The number of hydrogen-bond donors (Lipinski definition) is 3. The summed E-state index contributed by atoms with van der Waals surface area (Å²) in [4.78, 5) is 16.4. The monoisotopic (exact) mass is 288 g/mol. The van der Waals surface area contributed by atoms with E-state index >= 15 is 0 Å². The molecule has 0 aliphatic rings. The Morgan fingerprint density at radius 2 is 2.14 bits per heavy atom. The molecule has 1 aromatic carbocycles. The average molecular weight is 288 g/mol. The molecule has 0 aliphatic heterocycles. The third kappa shape index (κ3) is 3.77. The minimum atomic E-state index is -0.567. The molecule has 5 nitrogen and oxygen atoms in total. The lowest BCUT2D eigenvalue weighted by Crippen LogP contribution is -2.31. The number of hydrogen-bond acceptors (Lipinski definition) is 4. The first-order valence-electron chi connectivity index (χ1n) is 6.95. The molecule has 2 aromatic rings. The summed E-state index contributed by atoms with van der Waals surface area (Å²) in [6.45, 7) is 3.66. The van der Waals surface area contributed by atoms with Crippen LogP contribution in [0.5, 0.6) is 0 Å². The third-order valence-electron chi connectivity index (χ3n) is 3.25. The van der Waals surface area contributed by atoms with E-state index in [1.54, 1.807) is 6.92 Å². The molecule has 0 aliphatic carbocycles. The summed E-state index contributed by atoms with van der Waals surface area (Å²) < 4.78 is 0. The number of nitrogens with zero attached hydrogens (tertiary/aromatic N) is 1. The second kappa shape index (κ2) is 6.65. The molecule has 1 atom stereocenters. The molecule has 0 spiro atoms. The number of aliphatic hydroxyl groups is 2. The Morgan fingerprint density at radius 3 is 2.81 bits per heavy atom. The Morgan fingerprint density at radius 1 is 1.38 bits per heavy atom. The maximum Gasteiger partial charge on any atom is 0.224 e. The van der Waals surface area contributed by atoms with Crippen LogP contribution in [0.25, 0.3) is 10.9 Å². The molecule has 5 heteroatoms. The van der Waals surface area contributed by atoms with E-state index in [0.717, 1.165) is 27.7 Å². The molecular weight excluding hydrogens is 268 g/mol. The lowest BCUT2D eigenvalue weighted by atomic mass is 10.0. The van der Waals surface area contributed by atoms with Crippen molar-refractivity contribution in [3.8, 4) is 0 Å². The molecule has 112 valence electrons.